The molecule has 1 aromatic carbocycles. The molecule has 0 fully saturated rings. The molecule has 0 aliphatic carbocycles. The topological polar surface area (TPSA) is 21.3 Å². The summed E-state index contributed by atoms with van der Waals surface area (Å²) in [6.45, 7) is 6.56. The van der Waals surface area contributed by atoms with Crippen molar-refractivity contribution in [2.75, 3.05) is 0 Å². The Kier molecular flexibility index (Phi) is 4.59. The molecule has 84 valence electrons. The van der Waals surface area contributed by atoms with E-state index in [9.17, 15) is 0 Å². The summed E-state index contributed by atoms with van der Waals surface area (Å²) in [5.41, 5.74) is 3.72. The first-order valence-corrected chi connectivity index (χ1v) is 5.90. The third kappa shape index (κ3) is 4.98. The summed E-state index contributed by atoms with van der Waals surface area (Å²) in [6, 6.07) is 5.75. The predicted octanol–water partition coefficient (Wildman–Crippen LogP) is 3.92. The van der Waals surface area contributed by atoms with E-state index < -0.39 is 0 Å². The fourth-order valence-corrected chi connectivity index (χ4v) is 1.60. The molecule has 0 saturated heterocycles. The second kappa shape index (κ2) is 5.30. The van der Waals surface area contributed by atoms with Crippen LogP contribution in [0.25, 0.3) is 0 Å². The van der Waals surface area contributed by atoms with Gasteiger partial charge in [-0.05, 0) is 44.5 Å². The van der Waals surface area contributed by atoms with Crippen LogP contribution in [0.3, 0.4) is 0 Å². The zero-order chi connectivity index (χ0) is 11.5. The highest BCUT2D eigenvalue weighted by atomic mass is 79.9. The van der Waals surface area contributed by atoms with Gasteiger partial charge in [-0.2, -0.15) is 5.48 Å². The molecule has 0 heterocycles. The summed E-state index contributed by atoms with van der Waals surface area (Å²) in [6.07, 6.45) is 0. The molecule has 0 amide bonds. The van der Waals surface area contributed by atoms with Gasteiger partial charge < -0.3 is 0 Å². The van der Waals surface area contributed by atoms with E-state index in [0.29, 0.717) is 6.54 Å². The fraction of sp³-hybridized carbons (Fsp3) is 0.455. The summed E-state index contributed by atoms with van der Waals surface area (Å²) in [7, 11) is 0. The standard InChI is InChI=1S/C11H15BrClNO/c1-11(2,3)15-14-7-8-6-9(12)4-5-10(8)13/h4-6,14H,7H2,1-3H3. The molecule has 0 saturated carbocycles. The number of rotatable bonds is 3. The fourth-order valence-electron chi connectivity index (χ4n) is 1.01. The lowest BCUT2D eigenvalue weighted by Crippen LogP contribution is -2.28. The van der Waals surface area contributed by atoms with Crippen LogP contribution in [0.15, 0.2) is 22.7 Å². The predicted molar refractivity (Wildman–Crippen MR) is 66.8 cm³/mol. The smallest absolute Gasteiger partial charge is 0.0813 e. The van der Waals surface area contributed by atoms with Crippen molar-refractivity contribution in [3.63, 3.8) is 0 Å². The van der Waals surface area contributed by atoms with E-state index in [2.05, 4.69) is 21.4 Å². The number of hydrogen-bond donors (Lipinski definition) is 1. The van der Waals surface area contributed by atoms with Crippen molar-refractivity contribution in [2.45, 2.75) is 32.9 Å². The van der Waals surface area contributed by atoms with E-state index in [1.165, 1.54) is 0 Å². The maximum atomic E-state index is 6.03. The normalized spacial score (nSPS) is 11.8. The Labute approximate surface area is 104 Å². The van der Waals surface area contributed by atoms with Crippen molar-refractivity contribution >= 4 is 27.5 Å². The van der Waals surface area contributed by atoms with Crippen LogP contribution in [0, 0.1) is 0 Å². The number of benzene rings is 1. The zero-order valence-corrected chi connectivity index (χ0v) is 11.4. The van der Waals surface area contributed by atoms with E-state index >= 15 is 0 Å². The minimum absolute atomic E-state index is 0.196. The van der Waals surface area contributed by atoms with Crippen molar-refractivity contribution in [1.29, 1.82) is 0 Å². The molecular weight excluding hydrogens is 277 g/mol. The summed E-state index contributed by atoms with van der Waals surface area (Å²) < 4.78 is 1.01. The first-order valence-electron chi connectivity index (χ1n) is 4.73. The SMILES string of the molecule is CC(C)(C)ONCc1cc(Br)ccc1Cl. The van der Waals surface area contributed by atoms with Gasteiger partial charge in [-0.15, -0.1) is 0 Å². The molecule has 1 N–H and O–H groups in total. The van der Waals surface area contributed by atoms with Crippen LogP contribution in [0.5, 0.6) is 0 Å². The molecule has 4 heteroatoms. The number of halogens is 2. The molecule has 0 unspecified atom stereocenters. The molecule has 0 aliphatic heterocycles. The van der Waals surface area contributed by atoms with Gasteiger partial charge in [0, 0.05) is 16.0 Å². The van der Waals surface area contributed by atoms with Crippen LogP contribution in [0.4, 0.5) is 0 Å². The van der Waals surface area contributed by atoms with Crippen LogP contribution >= 0.6 is 27.5 Å². The van der Waals surface area contributed by atoms with Gasteiger partial charge in [0.05, 0.1) is 5.60 Å². The van der Waals surface area contributed by atoms with E-state index in [1.807, 2.05) is 39.0 Å². The van der Waals surface area contributed by atoms with Crippen molar-refractivity contribution in [3.05, 3.63) is 33.3 Å². The minimum Gasteiger partial charge on any atom is -0.296 e. The Balaban J connectivity index is 2.54. The minimum atomic E-state index is -0.196. The average Bonchev–Trinajstić information content (AvgIpc) is 2.09. The first kappa shape index (κ1) is 13.0. The highest BCUT2D eigenvalue weighted by Crippen LogP contribution is 2.20. The van der Waals surface area contributed by atoms with Gasteiger partial charge >= 0.3 is 0 Å². The molecule has 0 spiro atoms. The van der Waals surface area contributed by atoms with Crippen molar-refractivity contribution < 1.29 is 4.84 Å². The highest BCUT2D eigenvalue weighted by Gasteiger charge is 2.10. The zero-order valence-electron chi connectivity index (χ0n) is 9.10. The van der Waals surface area contributed by atoms with E-state index in [1.54, 1.807) is 0 Å². The van der Waals surface area contributed by atoms with Gasteiger partial charge in [-0.3, -0.25) is 4.84 Å². The number of nitrogens with one attached hydrogen (secondary N) is 1. The summed E-state index contributed by atoms with van der Waals surface area (Å²) in [4.78, 5) is 5.40. The van der Waals surface area contributed by atoms with Crippen LogP contribution in [-0.2, 0) is 11.4 Å². The molecule has 1 rings (SSSR count). The monoisotopic (exact) mass is 291 g/mol. The Hall–Kier alpha value is -0.0900. The largest absolute Gasteiger partial charge is 0.296 e. The van der Waals surface area contributed by atoms with Gasteiger partial charge in [-0.25, -0.2) is 0 Å². The second-order valence-electron chi connectivity index (χ2n) is 4.27. The first-order chi connectivity index (χ1) is 6.88. The third-order valence-electron chi connectivity index (χ3n) is 1.65. The highest BCUT2D eigenvalue weighted by molar-refractivity contribution is 9.10. The van der Waals surface area contributed by atoms with Crippen LogP contribution in [0.1, 0.15) is 26.3 Å². The van der Waals surface area contributed by atoms with E-state index in [0.717, 1.165) is 15.1 Å². The van der Waals surface area contributed by atoms with Crippen LogP contribution in [0.2, 0.25) is 5.02 Å². The quantitative estimate of drug-likeness (QED) is 0.853. The van der Waals surface area contributed by atoms with Crippen molar-refractivity contribution in [3.8, 4) is 0 Å². The molecule has 0 bridgehead atoms. The lowest BCUT2D eigenvalue weighted by atomic mass is 10.2. The van der Waals surface area contributed by atoms with Crippen molar-refractivity contribution in [1.82, 2.24) is 5.48 Å². The Morgan fingerprint density at radius 3 is 2.67 bits per heavy atom. The number of hydrogen-bond acceptors (Lipinski definition) is 2. The number of hydroxylamine groups is 1. The summed E-state index contributed by atoms with van der Waals surface area (Å²) >= 11 is 9.43. The molecule has 0 atom stereocenters. The van der Waals surface area contributed by atoms with E-state index in [-0.39, 0.29) is 5.60 Å². The third-order valence-corrected chi connectivity index (χ3v) is 2.51. The van der Waals surface area contributed by atoms with Gasteiger partial charge in [0.1, 0.15) is 0 Å². The van der Waals surface area contributed by atoms with Crippen molar-refractivity contribution in [2.24, 2.45) is 0 Å². The molecule has 2 nitrogen and oxygen atoms in total. The Bertz CT molecular complexity index is 336. The summed E-state index contributed by atoms with van der Waals surface area (Å²) in [5, 5.41) is 0.739. The van der Waals surface area contributed by atoms with Gasteiger partial charge in [0.15, 0.2) is 0 Å². The molecule has 0 aliphatic rings. The van der Waals surface area contributed by atoms with Crippen LogP contribution in [-0.4, -0.2) is 5.60 Å². The molecular formula is C11H15BrClNO. The molecule has 0 radical (unpaired) electrons. The van der Waals surface area contributed by atoms with Gasteiger partial charge in [0.2, 0.25) is 0 Å². The van der Waals surface area contributed by atoms with Gasteiger partial charge in [0.25, 0.3) is 0 Å². The van der Waals surface area contributed by atoms with Gasteiger partial charge in [-0.1, -0.05) is 27.5 Å². The van der Waals surface area contributed by atoms with E-state index in [4.69, 9.17) is 16.4 Å². The Morgan fingerprint density at radius 1 is 1.40 bits per heavy atom. The lowest BCUT2D eigenvalue weighted by molar-refractivity contribution is -0.0757. The second-order valence-corrected chi connectivity index (χ2v) is 5.59. The molecule has 15 heavy (non-hydrogen) atoms. The molecule has 1 aromatic rings. The molecule has 0 aromatic heterocycles. The maximum absolute atomic E-state index is 6.03. The lowest BCUT2D eigenvalue weighted by Gasteiger charge is -2.19. The maximum Gasteiger partial charge on any atom is 0.0813 e. The average molecular weight is 293 g/mol. The Morgan fingerprint density at radius 2 is 2.07 bits per heavy atom. The summed E-state index contributed by atoms with van der Waals surface area (Å²) in [5.74, 6) is 0. The van der Waals surface area contributed by atoms with Crippen LogP contribution < -0.4 is 5.48 Å².